The Balaban J connectivity index is 3.34. The van der Waals surface area contributed by atoms with Crippen LogP contribution in [0.3, 0.4) is 0 Å². The molecule has 1 rings (SSSR count). The van der Waals surface area contributed by atoms with E-state index in [9.17, 15) is 12.8 Å². The molecule has 0 atom stereocenters. The zero-order valence-electron chi connectivity index (χ0n) is 6.70. The predicted octanol–water partition coefficient (Wildman–Crippen LogP) is 1.12. The Labute approximate surface area is 75.7 Å². The average Bonchev–Trinajstić information content (AvgIpc) is 2.02. The number of hydrogen-bond donors (Lipinski definition) is 1. The summed E-state index contributed by atoms with van der Waals surface area (Å²) in [6.45, 7) is 3.36. The number of nitrogens with two attached hydrogens (primary N) is 1. The summed E-state index contributed by atoms with van der Waals surface area (Å²) in [5, 5.41) is 4.80. The minimum Gasteiger partial charge on any atom is -0.225 e. The summed E-state index contributed by atoms with van der Waals surface area (Å²) in [5.41, 5.74) is 0.243. The fourth-order valence-corrected chi connectivity index (χ4v) is 1.38. The first-order chi connectivity index (χ1) is 5.95. The SMILES string of the molecule is C=Cc1ccc(S(N)(=O)=O)cc1F. The highest BCUT2D eigenvalue weighted by molar-refractivity contribution is 7.89. The second-order valence-corrected chi connectivity index (χ2v) is 3.99. The molecule has 5 heteroatoms. The largest absolute Gasteiger partial charge is 0.238 e. The molecule has 0 aliphatic heterocycles. The highest BCUT2D eigenvalue weighted by atomic mass is 32.2. The Hall–Kier alpha value is -1.20. The van der Waals surface area contributed by atoms with Crippen molar-refractivity contribution in [2.45, 2.75) is 4.90 Å². The van der Waals surface area contributed by atoms with E-state index in [1.807, 2.05) is 0 Å². The van der Waals surface area contributed by atoms with E-state index in [-0.39, 0.29) is 10.5 Å². The summed E-state index contributed by atoms with van der Waals surface area (Å²) >= 11 is 0. The van der Waals surface area contributed by atoms with Crippen LogP contribution in [-0.4, -0.2) is 8.42 Å². The summed E-state index contributed by atoms with van der Waals surface area (Å²) in [6.07, 6.45) is 1.29. The molecule has 0 unspecified atom stereocenters. The third-order valence-electron chi connectivity index (χ3n) is 1.52. The van der Waals surface area contributed by atoms with Crippen LogP contribution < -0.4 is 5.14 Å². The van der Waals surface area contributed by atoms with Crippen molar-refractivity contribution in [1.82, 2.24) is 0 Å². The molecule has 0 spiro atoms. The first kappa shape index (κ1) is 9.88. The molecule has 0 aromatic heterocycles. The maximum absolute atomic E-state index is 13.0. The number of benzene rings is 1. The van der Waals surface area contributed by atoms with Crippen LogP contribution in [0.15, 0.2) is 29.7 Å². The molecule has 0 saturated carbocycles. The van der Waals surface area contributed by atoms with Gasteiger partial charge in [-0.1, -0.05) is 18.7 Å². The molecule has 0 aliphatic rings. The molecule has 0 fully saturated rings. The lowest BCUT2D eigenvalue weighted by molar-refractivity contribution is 0.592. The molecule has 0 saturated heterocycles. The zero-order valence-corrected chi connectivity index (χ0v) is 7.51. The van der Waals surface area contributed by atoms with Gasteiger partial charge in [-0.3, -0.25) is 0 Å². The topological polar surface area (TPSA) is 60.2 Å². The van der Waals surface area contributed by atoms with Gasteiger partial charge in [-0.2, -0.15) is 0 Å². The van der Waals surface area contributed by atoms with Gasteiger partial charge in [0.1, 0.15) is 5.82 Å². The number of halogens is 1. The third kappa shape index (κ3) is 2.13. The van der Waals surface area contributed by atoms with E-state index >= 15 is 0 Å². The fourth-order valence-electron chi connectivity index (χ4n) is 0.850. The molecule has 0 aliphatic carbocycles. The number of hydrogen-bond acceptors (Lipinski definition) is 2. The minimum atomic E-state index is -3.82. The van der Waals surface area contributed by atoms with Crippen molar-refractivity contribution in [3.63, 3.8) is 0 Å². The van der Waals surface area contributed by atoms with Crippen molar-refractivity contribution >= 4 is 16.1 Å². The Morgan fingerprint density at radius 2 is 2.08 bits per heavy atom. The first-order valence-corrected chi connectivity index (χ1v) is 4.94. The van der Waals surface area contributed by atoms with E-state index in [0.29, 0.717) is 0 Å². The van der Waals surface area contributed by atoms with Gasteiger partial charge in [-0.25, -0.2) is 17.9 Å². The van der Waals surface area contributed by atoms with Crippen molar-refractivity contribution in [2.24, 2.45) is 5.14 Å². The summed E-state index contributed by atoms with van der Waals surface area (Å²) in [7, 11) is -3.82. The lowest BCUT2D eigenvalue weighted by Crippen LogP contribution is -2.12. The van der Waals surface area contributed by atoms with Gasteiger partial charge in [0.2, 0.25) is 10.0 Å². The van der Waals surface area contributed by atoms with Crippen LogP contribution in [-0.2, 0) is 10.0 Å². The Bertz CT molecular complexity index is 439. The standard InChI is InChI=1S/C8H8FNO2S/c1-2-6-3-4-7(5-8(6)9)13(10,11)12/h2-5H,1H2,(H2,10,11,12). The Morgan fingerprint density at radius 1 is 1.46 bits per heavy atom. The van der Waals surface area contributed by atoms with Gasteiger partial charge in [0, 0.05) is 5.56 Å². The van der Waals surface area contributed by atoms with Crippen LogP contribution in [0.4, 0.5) is 4.39 Å². The molecular formula is C8H8FNO2S. The molecule has 3 nitrogen and oxygen atoms in total. The molecule has 1 aromatic rings. The maximum atomic E-state index is 13.0. The van der Waals surface area contributed by atoms with Gasteiger partial charge in [0.05, 0.1) is 4.90 Å². The van der Waals surface area contributed by atoms with Crippen molar-refractivity contribution in [3.8, 4) is 0 Å². The van der Waals surface area contributed by atoms with E-state index < -0.39 is 15.8 Å². The van der Waals surface area contributed by atoms with Gasteiger partial charge in [0.25, 0.3) is 0 Å². The smallest absolute Gasteiger partial charge is 0.225 e. The summed E-state index contributed by atoms with van der Waals surface area (Å²) < 4.78 is 34.5. The molecule has 0 bridgehead atoms. The van der Waals surface area contributed by atoms with Crippen LogP contribution in [0.5, 0.6) is 0 Å². The molecule has 0 amide bonds. The van der Waals surface area contributed by atoms with Crippen molar-refractivity contribution < 1.29 is 12.8 Å². The molecule has 0 radical (unpaired) electrons. The van der Waals surface area contributed by atoms with Crippen molar-refractivity contribution in [2.75, 3.05) is 0 Å². The lowest BCUT2D eigenvalue weighted by atomic mass is 10.2. The Kier molecular flexibility index (Phi) is 2.49. The molecule has 13 heavy (non-hydrogen) atoms. The highest BCUT2D eigenvalue weighted by Gasteiger charge is 2.09. The molecule has 0 heterocycles. The molecule has 2 N–H and O–H groups in total. The average molecular weight is 201 g/mol. The monoisotopic (exact) mass is 201 g/mol. The Morgan fingerprint density at radius 3 is 2.46 bits per heavy atom. The summed E-state index contributed by atoms with van der Waals surface area (Å²) in [6, 6.07) is 3.41. The molecule has 1 aromatic carbocycles. The number of sulfonamides is 1. The quantitative estimate of drug-likeness (QED) is 0.779. The van der Waals surface area contributed by atoms with Gasteiger partial charge in [0.15, 0.2) is 0 Å². The fraction of sp³-hybridized carbons (Fsp3) is 0. The van der Waals surface area contributed by atoms with E-state index in [2.05, 4.69) is 6.58 Å². The van der Waals surface area contributed by atoms with Crippen LogP contribution in [0.2, 0.25) is 0 Å². The van der Waals surface area contributed by atoms with Gasteiger partial charge < -0.3 is 0 Å². The van der Waals surface area contributed by atoms with E-state index in [1.54, 1.807) is 0 Å². The minimum absolute atomic E-state index is 0.240. The first-order valence-electron chi connectivity index (χ1n) is 3.40. The van der Waals surface area contributed by atoms with E-state index in [4.69, 9.17) is 5.14 Å². The van der Waals surface area contributed by atoms with Gasteiger partial charge in [-0.05, 0) is 12.1 Å². The summed E-state index contributed by atoms with van der Waals surface area (Å²) in [5.74, 6) is -0.651. The van der Waals surface area contributed by atoms with Crippen LogP contribution in [0, 0.1) is 5.82 Å². The predicted molar refractivity (Wildman–Crippen MR) is 47.9 cm³/mol. The molecular weight excluding hydrogens is 193 g/mol. The lowest BCUT2D eigenvalue weighted by Gasteiger charge is -2.00. The normalized spacial score (nSPS) is 11.2. The second kappa shape index (κ2) is 3.27. The van der Waals surface area contributed by atoms with Crippen LogP contribution in [0.25, 0.3) is 6.08 Å². The number of rotatable bonds is 2. The van der Waals surface area contributed by atoms with Crippen LogP contribution in [0.1, 0.15) is 5.56 Å². The maximum Gasteiger partial charge on any atom is 0.238 e. The van der Waals surface area contributed by atoms with Crippen molar-refractivity contribution in [1.29, 1.82) is 0 Å². The number of primary sulfonamides is 1. The third-order valence-corrected chi connectivity index (χ3v) is 2.43. The van der Waals surface area contributed by atoms with Gasteiger partial charge >= 0.3 is 0 Å². The van der Waals surface area contributed by atoms with E-state index in [1.165, 1.54) is 18.2 Å². The highest BCUT2D eigenvalue weighted by Crippen LogP contribution is 2.14. The zero-order chi connectivity index (χ0) is 10.1. The second-order valence-electron chi connectivity index (χ2n) is 2.43. The van der Waals surface area contributed by atoms with Crippen LogP contribution >= 0.6 is 0 Å². The van der Waals surface area contributed by atoms with E-state index in [0.717, 1.165) is 6.07 Å². The summed E-state index contributed by atoms with van der Waals surface area (Å²) in [4.78, 5) is -0.240. The van der Waals surface area contributed by atoms with Crippen molar-refractivity contribution in [3.05, 3.63) is 36.2 Å². The molecule has 70 valence electrons. The van der Waals surface area contributed by atoms with Gasteiger partial charge in [-0.15, -0.1) is 0 Å².